The zero-order valence-electron chi connectivity index (χ0n) is 10.3. The predicted octanol–water partition coefficient (Wildman–Crippen LogP) is 1.23. The Morgan fingerprint density at radius 3 is 2.88 bits per heavy atom. The summed E-state index contributed by atoms with van der Waals surface area (Å²) in [5.74, 6) is 0.881. The second kappa shape index (κ2) is 4.11. The molecule has 0 N–H and O–H groups in total. The number of anilines is 1. The van der Waals surface area contributed by atoms with E-state index in [1.54, 1.807) is 0 Å². The van der Waals surface area contributed by atoms with Gasteiger partial charge in [-0.15, -0.1) is 0 Å². The molecule has 2 aliphatic heterocycles. The molecular formula is C13H18N4. The quantitative estimate of drug-likeness (QED) is 0.679. The van der Waals surface area contributed by atoms with E-state index < -0.39 is 0 Å². The third-order valence-corrected chi connectivity index (χ3v) is 3.54. The molecule has 2 aliphatic rings. The van der Waals surface area contributed by atoms with E-state index in [1.807, 2.05) is 6.20 Å². The van der Waals surface area contributed by atoms with Crippen molar-refractivity contribution in [2.45, 2.75) is 19.4 Å². The van der Waals surface area contributed by atoms with Crippen molar-refractivity contribution >= 4 is 5.95 Å². The monoisotopic (exact) mass is 230 g/mol. The zero-order chi connectivity index (χ0) is 11.8. The first kappa shape index (κ1) is 10.7. The minimum atomic E-state index is 0.881. The summed E-state index contributed by atoms with van der Waals surface area (Å²) >= 11 is 0. The highest BCUT2D eigenvalue weighted by molar-refractivity contribution is 5.38. The highest BCUT2D eigenvalue weighted by Gasteiger charge is 2.20. The van der Waals surface area contributed by atoms with Gasteiger partial charge in [-0.25, -0.2) is 9.97 Å². The van der Waals surface area contributed by atoms with Crippen LogP contribution in [0.1, 0.15) is 17.7 Å². The van der Waals surface area contributed by atoms with Gasteiger partial charge < -0.3 is 9.80 Å². The molecule has 1 fully saturated rings. The first-order chi connectivity index (χ1) is 8.22. The van der Waals surface area contributed by atoms with E-state index in [-0.39, 0.29) is 0 Å². The minimum absolute atomic E-state index is 0.881. The van der Waals surface area contributed by atoms with Gasteiger partial charge in [0, 0.05) is 44.4 Å². The van der Waals surface area contributed by atoms with Crippen molar-refractivity contribution in [3.63, 3.8) is 0 Å². The molecule has 3 rings (SSSR count). The summed E-state index contributed by atoms with van der Waals surface area (Å²) in [6, 6.07) is 0. The van der Waals surface area contributed by atoms with Crippen molar-refractivity contribution in [1.82, 2.24) is 14.9 Å². The molecule has 90 valence electrons. The number of hydrogen-bond acceptors (Lipinski definition) is 4. The molecule has 1 saturated heterocycles. The Balaban J connectivity index is 1.86. The normalized spacial score (nSPS) is 20.8. The summed E-state index contributed by atoms with van der Waals surface area (Å²) in [6.45, 7) is 8.02. The average molecular weight is 230 g/mol. The Kier molecular flexibility index (Phi) is 2.59. The standard InChI is InChI=1S/C13H18N4/c1-10-3-6-17(8-10)13-14-7-11-9-16(2)5-4-12(11)15-13/h7H,1,3-6,8-9H2,2H3. The molecule has 0 unspecified atom stereocenters. The van der Waals surface area contributed by atoms with Gasteiger partial charge in [0.25, 0.3) is 0 Å². The molecule has 0 amide bonds. The van der Waals surface area contributed by atoms with Crippen molar-refractivity contribution in [1.29, 1.82) is 0 Å². The SMILES string of the molecule is C=C1CCN(c2ncc3c(n2)CCN(C)C3)C1. The Hall–Kier alpha value is -1.42. The summed E-state index contributed by atoms with van der Waals surface area (Å²) in [4.78, 5) is 13.7. The van der Waals surface area contributed by atoms with Gasteiger partial charge in [-0.2, -0.15) is 0 Å². The Labute approximate surface area is 102 Å². The largest absolute Gasteiger partial charge is 0.337 e. The fourth-order valence-electron chi connectivity index (χ4n) is 2.49. The first-order valence-electron chi connectivity index (χ1n) is 6.17. The summed E-state index contributed by atoms with van der Waals surface area (Å²) in [6.07, 6.45) is 4.10. The molecule has 17 heavy (non-hydrogen) atoms. The fraction of sp³-hybridized carbons (Fsp3) is 0.538. The molecule has 0 atom stereocenters. The molecular weight excluding hydrogens is 212 g/mol. The predicted molar refractivity (Wildman–Crippen MR) is 68.0 cm³/mol. The van der Waals surface area contributed by atoms with Crippen LogP contribution in [-0.2, 0) is 13.0 Å². The molecule has 4 heteroatoms. The van der Waals surface area contributed by atoms with E-state index in [4.69, 9.17) is 4.98 Å². The van der Waals surface area contributed by atoms with E-state index in [0.717, 1.165) is 45.0 Å². The van der Waals surface area contributed by atoms with Crippen molar-refractivity contribution in [3.05, 3.63) is 29.6 Å². The lowest BCUT2D eigenvalue weighted by atomic mass is 10.1. The number of likely N-dealkylation sites (N-methyl/N-ethyl adjacent to an activating group) is 1. The Morgan fingerprint density at radius 2 is 2.12 bits per heavy atom. The first-order valence-corrected chi connectivity index (χ1v) is 6.17. The van der Waals surface area contributed by atoms with E-state index in [9.17, 15) is 0 Å². The highest BCUT2D eigenvalue weighted by atomic mass is 15.3. The number of aromatic nitrogens is 2. The lowest BCUT2D eigenvalue weighted by Crippen LogP contribution is -2.29. The van der Waals surface area contributed by atoms with Gasteiger partial charge in [0.2, 0.25) is 5.95 Å². The minimum Gasteiger partial charge on any atom is -0.337 e. The maximum atomic E-state index is 4.71. The third-order valence-electron chi connectivity index (χ3n) is 3.54. The molecule has 0 aliphatic carbocycles. The van der Waals surface area contributed by atoms with Gasteiger partial charge in [0.15, 0.2) is 0 Å². The van der Waals surface area contributed by atoms with Crippen LogP contribution in [0.4, 0.5) is 5.95 Å². The van der Waals surface area contributed by atoms with Gasteiger partial charge in [0.05, 0.1) is 5.69 Å². The summed E-state index contributed by atoms with van der Waals surface area (Å²) in [5.41, 5.74) is 3.79. The fourth-order valence-corrected chi connectivity index (χ4v) is 2.49. The van der Waals surface area contributed by atoms with E-state index in [0.29, 0.717) is 0 Å². The summed E-state index contributed by atoms with van der Waals surface area (Å²) in [5, 5.41) is 0. The van der Waals surface area contributed by atoms with Gasteiger partial charge in [-0.3, -0.25) is 0 Å². The van der Waals surface area contributed by atoms with Crippen LogP contribution >= 0.6 is 0 Å². The van der Waals surface area contributed by atoms with Crippen LogP contribution in [0.15, 0.2) is 18.3 Å². The van der Waals surface area contributed by atoms with E-state index in [2.05, 4.69) is 28.4 Å². The smallest absolute Gasteiger partial charge is 0.225 e. The lowest BCUT2D eigenvalue weighted by molar-refractivity contribution is 0.309. The molecule has 0 aromatic carbocycles. The van der Waals surface area contributed by atoms with Crippen LogP contribution in [0.5, 0.6) is 0 Å². The number of nitrogens with zero attached hydrogens (tertiary/aromatic N) is 4. The summed E-state index contributed by atoms with van der Waals surface area (Å²) in [7, 11) is 2.14. The van der Waals surface area contributed by atoms with Crippen LogP contribution in [0.25, 0.3) is 0 Å². The van der Waals surface area contributed by atoms with Crippen LogP contribution in [0.3, 0.4) is 0 Å². The van der Waals surface area contributed by atoms with Crippen LogP contribution in [0.2, 0.25) is 0 Å². The molecule has 0 bridgehead atoms. The van der Waals surface area contributed by atoms with E-state index >= 15 is 0 Å². The van der Waals surface area contributed by atoms with Gasteiger partial charge in [-0.05, 0) is 13.5 Å². The zero-order valence-corrected chi connectivity index (χ0v) is 10.3. The maximum Gasteiger partial charge on any atom is 0.225 e. The second-order valence-corrected chi connectivity index (χ2v) is 5.05. The molecule has 4 nitrogen and oxygen atoms in total. The Morgan fingerprint density at radius 1 is 1.24 bits per heavy atom. The van der Waals surface area contributed by atoms with Gasteiger partial charge >= 0.3 is 0 Å². The number of hydrogen-bond donors (Lipinski definition) is 0. The molecule has 0 saturated carbocycles. The average Bonchev–Trinajstić information content (AvgIpc) is 2.75. The second-order valence-electron chi connectivity index (χ2n) is 5.05. The van der Waals surface area contributed by atoms with E-state index in [1.165, 1.54) is 16.8 Å². The molecule has 0 radical (unpaired) electrons. The van der Waals surface area contributed by atoms with Crippen molar-refractivity contribution < 1.29 is 0 Å². The molecule has 0 spiro atoms. The maximum absolute atomic E-state index is 4.71. The Bertz CT molecular complexity index is 455. The van der Waals surface area contributed by atoms with Gasteiger partial charge in [0.1, 0.15) is 0 Å². The lowest BCUT2D eigenvalue weighted by Gasteiger charge is -2.25. The summed E-state index contributed by atoms with van der Waals surface area (Å²) < 4.78 is 0. The molecule has 1 aromatic rings. The number of rotatable bonds is 1. The third kappa shape index (κ3) is 2.05. The number of fused-ring (bicyclic) bond motifs is 1. The van der Waals surface area contributed by atoms with Gasteiger partial charge in [-0.1, -0.05) is 12.2 Å². The molecule has 3 heterocycles. The van der Waals surface area contributed by atoms with Crippen LogP contribution in [0, 0.1) is 0 Å². The van der Waals surface area contributed by atoms with Crippen molar-refractivity contribution in [2.24, 2.45) is 0 Å². The van der Waals surface area contributed by atoms with Crippen molar-refractivity contribution in [3.8, 4) is 0 Å². The topological polar surface area (TPSA) is 32.3 Å². The van der Waals surface area contributed by atoms with Crippen LogP contribution < -0.4 is 4.90 Å². The van der Waals surface area contributed by atoms with Crippen molar-refractivity contribution in [2.75, 3.05) is 31.6 Å². The highest BCUT2D eigenvalue weighted by Crippen LogP contribution is 2.22. The van der Waals surface area contributed by atoms with Crippen LogP contribution in [-0.4, -0.2) is 41.5 Å². The molecule has 1 aromatic heterocycles.